The molecule has 29 heavy (non-hydrogen) atoms. The van der Waals surface area contributed by atoms with Gasteiger partial charge in [-0.3, -0.25) is 9.59 Å². The average Bonchev–Trinajstić information content (AvgIpc) is 2.69. The van der Waals surface area contributed by atoms with Crippen molar-refractivity contribution in [2.45, 2.75) is 63.8 Å². The number of pyridine rings is 1. The first kappa shape index (κ1) is 22.0. The zero-order valence-electron chi connectivity index (χ0n) is 17.3. The zero-order valence-corrected chi connectivity index (χ0v) is 18.9. The number of halogens is 1. The topological polar surface area (TPSA) is 47.0 Å². The molecule has 0 aliphatic heterocycles. The molecule has 0 spiro atoms. The van der Waals surface area contributed by atoms with Crippen LogP contribution in [0.4, 0.5) is 0 Å². The Morgan fingerprint density at radius 3 is 2.28 bits per heavy atom. The van der Waals surface area contributed by atoms with Gasteiger partial charge in [-0.2, -0.15) is 0 Å². The van der Waals surface area contributed by atoms with Gasteiger partial charge in [-0.1, -0.05) is 43.1 Å². The molecule has 0 saturated heterocycles. The van der Waals surface area contributed by atoms with Gasteiger partial charge in [0.15, 0.2) is 0 Å². The quantitative estimate of drug-likeness (QED) is 0.401. The summed E-state index contributed by atoms with van der Waals surface area (Å²) < 4.78 is 0. The number of thioether (sulfide) groups is 1. The van der Waals surface area contributed by atoms with E-state index in [2.05, 4.69) is 37.9 Å². The van der Waals surface area contributed by atoms with Gasteiger partial charge in [0, 0.05) is 19.0 Å². The molecule has 0 N–H and O–H groups in total. The molecule has 0 bridgehead atoms. The summed E-state index contributed by atoms with van der Waals surface area (Å²) >= 11 is 7.74. The van der Waals surface area contributed by atoms with Crippen molar-refractivity contribution in [1.29, 1.82) is 0 Å². The lowest BCUT2D eigenvalue weighted by Gasteiger charge is -2.29. The van der Waals surface area contributed by atoms with E-state index in [4.69, 9.17) is 11.6 Å². The largest absolute Gasteiger partial charge is 0.299 e. The highest BCUT2D eigenvalue weighted by atomic mass is 35.5. The molecule has 1 heterocycles. The molecule has 1 fully saturated rings. The second-order valence-corrected chi connectivity index (χ2v) is 9.26. The van der Waals surface area contributed by atoms with Crippen molar-refractivity contribution >= 4 is 34.9 Å². The van der Waals surface area contributed by atoms with E-state index in [9.17, 15) is 9.59 Å². The van der Waals surface area contributed by atoms with Crippen LogP contribution in [0.3, 0.4) is 0 Å². The SMILES string of the molecule is CCc1cc(C)cc(CC)c1C1C(=O)CC(CCSc2ncccc2Cl)CC1=O. The molecule has 3 nitrogen and oxygen atoms in total. The molecule has 1 saturated carbocycles. The highest BCUT2D eigenvalue weighted by Crippen LogP contribution is 2.37. The maximum absolute atomic E-state index is 13.1. The van der Waals surface area contributed by atoms with Gasteiger partial charge in [-0.15, -0.1) is 11.8 Å². The van der Waals surface area contributed by atoms with Crippen molar-refractivity contribution in [1.82, 2.24) is 4.98 Å². The third-order valence-corrected chi connectivity index (χ3v) is 7.12. The molecule has 0 amide bonds. The van der Waals surface area contributed by atoms with Crippen LogP contribution in [0.25, 0.3) is 0 Å². The number of rotatable bonds is 7. The fraction of sp³-hybridized carbons (Fsp3) is 0.458. The second-order valence-electron chi connectivity index (χ2n) is 7.77. The fourth-order valence-electron chi connectivity index (χ4n) is 4.29. The third kappa shape index (κ3) is 5.10. The number of nitrogens with zero attached hydrogens (tertiary/aromatic N) is 1. The standard InChI is InChI=1S/C24H28ClNO2S/c1-4-17-11-15(3)12-18(5-2)22(17)23-20(27)13-16(14-21(23)28)8-10-29-24-19(25)7-6-9-26-24/h6-7,9,11-12,16,23H,4-5,8,10,13-14H2,1-3H3. The maximum atomic E-state index is 13.1. The van der Waals surface area contributed by atoms with Crippen LogP contribution in [0.2, 0.25) is 5.02 Å². The Morgan fingerprint density at radius 1 is 1.10 bits per heavy atom. The number of aromatic nitrogens is 1. The summed E-state index contributed by atoms with van der Waals surface area (Å²) in [6.45, 7) is 6.27. The smallest absolute Gasteiger partial charge is 0.148 e. The van der Waals surface area contributed by atoms with Crippen molar-refractivity contribution in [2.75, 3.05) is 5.75 Å². The summed E-state index contributed by atoms with van der Waals surface area (Å²) in [7, 11) is 0. The molecule has 1 aromatic heterocycles. The van der Waals surface area contributed by atoms with E-state index in [-0.39, 0.29) is 17.5 Å². The highest BCUT2D eigenvalue weighted by molar-refractivity contribution is 7.99. The Labute approximate surface area is 182 Å². The number of carbonyl (C=O) groups is 2. The molecule has 1 aliphatic rings. The third-order valence-electron chi connectivity index (χ3n) is 5.66. The molecule has 5 heteroatoms. The molecule has 0 radical (unpaired) electrons. The number of benzene rings is 1. The predicted octanol–water partition coefficient (Wildman–Crippen LogP) is 5.98. The molecular weight excluding hydrogens is 402 g/mol. The normalized spacial score (nSPS) is 19.6. The van der Waals surface area contributed by atoms with Crippen LogP contribution in [0.1, 0.15) is 61.3 Å². The highest BCUT2D eigenvalue weighted by Gasteiger charge is 2.38. The van der Waals surface area contributed by atoms with E-state index in [0.29, 0.717) is 17.9 Å². The Bertz CT molecular complexity index is 868. The van der Waals surface area contributed by atoms with Crippen LogP contribution in [-0.4, -0.2) is 22.3 Å². The van der Waals surface area contributed by atoms with E-state index in [0.717, 1.165) is 46.7 Å². The van der Waals surface area contributed by atoms with Gasteiger partial charge in [-0.25, -0.2) is 4.98 Å². The van der Waals surface area contributed by atoms with E-state index in [1.807, 2.05) is 12.1 Å². The maximum Gasteiger partial charge on any atom is 0.148 e. The first-order valence-corrected chi connectivity index (χ1v) is 11.7. The summed E-state index contributed by atoms with van der Waals surface area (Å²) in [5.41, 5.74) is 4.48. The second kappa shape index (κ2) is 9.90. The lowest BCUT2D eigenvalue weighted by Crippen LogP contribution is -2.33. The molecule has 3 rings (SSSR count). The van der Waals surface area contributed by atoms with Gasteiger partial charge in [0.05, 0.1) is 5.02 Å². The van der Waals surface area contributed by atoms with Gasteiger partial charge in [-0.05, 0) is 66.7 Å². The summed E-state index contributed by atoms with van der Waals surface area (Å²) in [5.74, 6) is 0.509. The van der Waals surface area contributed by atoms with Crippen molar-refractivity contribution in [3.05, 3.63) is 57.7 Å². The van der Waals surface area contributed by atoms with E-state index in [1.165, 1.54) is 5.56 Å². The van der Waals surface area contributed by atoms with Crippen LogP contribution in [0.15, 0.2) is 35.5 Å². The minimum Gasteiger partial charge on any atom is -0.299 e. The van der Waals surface area contributed by atoms with Crippen molar-refractivity contribution in [3.63, 3.8) is 0 Å². The molecule has 154 valence electrons. The van der Waals surface area contributed by atoms with Crippen LogP contribution in [-0.2, 0) is 22.4 Å². The first-order valence-electron chi connectivity index (χ1n) is 10.4. The Balaban J connectivity index is 1.70. The Kier molecular flexibility index (Phi) is 7.53. The predicted molar refractivity (Wildman–Crippen MR) is 120 cm³/mol. The van der Waals surface area contributed by atoms with E-state index in [1.54, 1.807) is 18.0 Å². The lowest BCUT2D eigenvalue weighted by molar-refractivity contribution is -0.133. The average molecular weight is 430 g/mol. The molecule has 1 aliphatic carbocycles. The number of ketones is 2. The summed E-state index contributed by atoms with van der Waals surface area (Å²) in [6, 6.07) is 7.90. The fourth-order valence-corrected chi connectivity index (χ4v) is 5.56. The number of hydrogen-bond acceptors (Lipinski definition) is 4. The summed E-state index contributed by atoms with van der Waals surface area (Å²) in [5, 5.41) is 1.45. The van der Waals surface area contributed by atoms with E-state index >= 15 is 0 Å². The molecule has 1 aromatic carbocycles. The number of carbonyl (C=O) groups excluding carboxylic acids is 2. The van der Waals surface area contributed by atoms with Gasteiger partial charge in [0.25, 0.3) is 0 Å². The molecular formula is C24H28ClNO2S. The first-order chi connectivity index (χ1) is 13.9. The van der Waals surface area contributed by atoms with Gasteiger partial charge >= 0.3 is 0 Å². The summed E-state index contributed by atoms with van der Waals surface area (Å²) in [6.07, 6.45) is 5.18. The van der Waals surface area contributed by atoms with Gasteiger partial charge in [0.2, 0.25) is 0 Å². The zero-order chi connectivity index (χ0) is 21.0. The van der Waals surface area contributed by atoms with Crippen molar-refractivity contribution < 1.29 is 9.59 Å². The van der Waals surface area contributed by atoms with E-state index < -0.39 is 5.92 Å². The molecule has 2 aromatic rings. The Morgan fingerprint density at radius 2 is 1.72 bits per heavy atom. The van der Waals surface area contributed by atoms with Gasteiger partial charge < -0.3 is 0 Å². The van der Waals surface area contributed by atoms with Crippen LogP contribution in [0, 0.1) is 12.8 Å². The summed E-state index contributed by atoms with van der Waals surface area (Å²) in [4.78, 5) is 30.4. The van der Waals surface area contributed by atoms with Crippen molar-refractivity contribution in [2.24, 2.45) is 5.92 Å². The monoisotopic (exact) mass is 429 g/mol. The minimum atomic E-state index is -0.574. The van der Waals surface area contributed by atoms with Crippen molar-refractivity contribution in [3.8, 4) is 0 Å². The van der Waals surface area contributed by atoms with Crippen LogP contribution >= 0.6 is 23.4 Å². The van der Waals surface area contributed by atoms with Crippen LogP contribution < -0.4 is 0 Å². The molecule has 0 unspecified atom stereocenters. The number of aryl methyl sites for hydroxylation is 3. The Hall–Kier alpha value is -1.65. The lowest BCUT2D eigenvalue weighted by atomic mass is 9.73. The number of Topliss-reactive ketones (excluding diaryl/α,β-unsaturated/α-hetero) is 2. The molecule has 0 atom stereocenters. The van der Waals surface area contributed by atoms with Crippen LogP contribution in [0.5, 0.6) is 0 Å². The number of hydrogen-bond donors (Lipinski definition) is 0. The minimum absolute atomic E-state index is 0.0837. The van der Waals surface area contributed by atoms with Gasteiger partial charge in [0.1, 0.15) is 22.5 Å².